The second-order valence-electron chi connectivity index (χ2n) is 5.63. The summed E-state index contributed by atoms with van der Waals surface area (Å²) in [5.74, 6) is -0.810. The van der Waals surface area contributed by atoms with Gasteiger partial charge in [0.25, 0.3) is 11.1 Å². The molecule has 2 N–H and O–H groups in total. The molecular formula is C19H14N4O3S. The van der Waals surface area contributed by atoms with Crippen LogP contribution in [0.3, 0.4) is 0 Å². The van der Waals surface area contributed by atoms with E-state index in [0.29, 0.717) is 16.3 Å². The third-order valence-corrected chi connectivity index (χ3v) is 4.58. The summed E-state index contributed by atoms with van der Waals surface area (Å²) in [4.78, 5) is 32.7. The first kappa shape index (κ1) is 17.0. The third kappa shape index (κ3) is 3.90. The SMILES string of the molecule is O=C(CSc1nc2ccccc2o1)NNC(=O)c1ccc2ccccc2n1. The van der Waals surface area contributed by atoms with Crippen LogP contribution in [0, 0.1) is 0 Å². The van der Waals surface area contributed by atoms with Crippen molar-refractivity contribution in [2.75, 3.05) is 5.75 Å². The van der Waals surface area contributed by atoms with E-state index in [4.69, 9.17) is 4.42 Å². The number of amides is 2. The highest BCUT2D eigenvalue weighted by Gasteiger charge is 2.12. The molecule has 0 unspecified atom stereocenters. The number of hydrogen-bond acceptors (Lipinski definition) is 6. The van der Waals surface area contributed by atoms with E-state index in [2.05, 4.69) is 20.8 Å². The van der Waals surface area contributed by atoms with E-state index in [1.807, 2.05) is 54.6 Å². The Morgan fingerprint density at radius 1 is 0.889 bits per heavy atom. The molecule has 0 saturated heterocycles. The van der Waals surface area contributed by atoms with Crippen molar-refractivity contribution in [2.45, 2.75) is 5.22 Å². The minimum Gasteiger partial charge on any atom is -0.431 e. The molecule has 2 aromatic heterocycles. The number of fused-ring (bicyclic) bond motifs is 2. The molecule has 2 aromatic carbocycles. The molecule has 0 aliphatic heterocycles. The predicted octanol–water partition coefficient (Wildman–Crippen LogP) is 2.93. The number of pyridine rings is 1. The van der Waals surface area contributed by atoms with Crippen LogP contribution in [0.2, 0.25) is 0 Å². The maximum atomic E-state index is 12.2. The Hall–Kier alpha value is -3.39. The van der Waals surface area contributed by atoms with E-state index in [1.54, 1.807) is 6.07 Å². The predicted molar refractivity (Wildman–Crippen MR) is 102 cm³/mol. The first-order valence-corrected chi connectivity index (χ1v) is 9.11. The zero-order chi connectivity index (χ0) is 18.6. The Balaban J connectivity index is 1.32. The van der Waals surface area contributed by atoms with Crippen LogP contribution >= 0.6 is 11.8 Å². The van der Waals surface area contributed by atoms with Crippen molar-refractivity contribution in [3.8, 4) is 0 Å². The second-order valence-corrected chi connectivity index (χ2v) is 6.55. The Bertz CT molecular complexity index is 1110. The Morgan fingerprint density at radius 2 is 1.67 bits per heavy atom. The number of carbonyl (C=O) groups is 2. The monoisotopic (exact) mass is 378 g/mol. The summed E-state index contributed by atoms with van der Waals surface area (Å²) in [7, 11) is 0. The van der Waals surface area contributed by atoms with Crippen molar-refractivity contribution >= 4 is 45.6 Å². The van der Waals surface area contributed by atoms with Crippen molar-refractivity contribution in [2.24, 2.45) is 0 Å². The molecule has 0 spiro atoms. The summed E-state index contributed by atoms with van der Waals surface area (Å²) in [5.41, 5.74) is 7.05. The van der Waals surface area contributed by atoms with E-state index in [9.17, 15) is 9.59 Å². The van der Waals surface area contributed by atoms with Gasteiger partial charge in [0.05, 0.1) is 11.3 Å². The summed E-state index contributed by atoms with van der Waals surface area (Å²) in [6.45, 7) is 0. The molecule has 134 valence electrons. The third-order valence-electron chi connectivity index (χ3n) is 3.75. The summed E-state index contributed by atoms with van der Waals surface area (Å²) in [6, 6.07) is 18.3. The number of hydrogen-bond donors (Lipinski definition) is 2. The van der Waals surface area contributed by atoms with Crippen LogP contribution in [-0.2, 0) is 4.79 Å². The van der Waals surface area contributed by atoms with Crippen LogP contribution in [0.1, 0.15) is 10.5 Å². The molecule has 0 fully saturated rings. The van der Waals surface area contributed by atoms with Gasteiger partial charge in [0.15, 0.2) is 5.58 Å². The Labute approximate surface area is 158 Å². The Morgan fingerprint density at radius 3 is 2.52 bits per heavy atom. The van der Waals surface area contributed by atoms with Gasteiger partial charge in [-0.2, -0.15) is 0 Å². The average molecular weight is 378 g/mol. The molecule has 27 heavy (non-hydrogen) atoms. The molecule has 0 radical (unpaired) electrons. The molecule has 7 nitrogen and oxygen atoms in total. The second kappa shape index (κ2) is 7.46. The van der Waals surface area contributed by atoms with Crippen LogP contribution in [0.5, 0.6) is 0 Å². The lowest BCUT2D eigenvalue weighted by Crippen LogP contribution is -2.42. The van der Waals surface area contributed by atoms with Crippen LogP contribution in [-0.4, -0.2) is 27.5 Å². The van der Waals surface area contributed by atoms with E-state index in [0.717, 1.165) is 22.7 Å². The number of nitrogens with one attached hydrogen (secondary N) is 2. The number of thioether (sulfide) groups is 1. The van der Waals surface area contributed by atoms with Crippen LogP contribution in [0.15, 0.2) is 70.3 Å². The fourth-order valence-corrected chi connectivity index (χ4v) is 3.10. The lowest BCUT2D eigenvalue weighted by Gasteiger charge is -2.06. The van der Waals surface area contributed by atoms with Crippen molar-refractivity contribution in [3.05, 3.63) is 66.4 Å². The van der Waals surface area contributed by atoms with Gasteiger partial charge < -0.3 is 4.42 Å². The first-order chi connectivity index (χ1) is 13.2. The van der Waals surface area contributed by atoms with Crippen LogP contribution < -0.4 is 10.9 Å². The molecule has 0 aliphatic carbocycles. The standard InChI is InChI=1S/C19H14N4O3S/c24-17(11-27-19-21-14-7-3-4-8-16(14)26-19)22-23-18(25)15-10-9-12-5-1-2-6-13(12)20-15/h1-10H,11H2,(H,22,24)(H,23,25). The minimum atomic E-state index is -0.485. The highest BCUT2D eigenvalue weighted by molar-refractivity contribution is 7.99. The van der Waals surface area contributed by atoms with E-state index >= 15 is 0 Å². The molecule has 0 bridgehead atoms. The van der Waals surface area contributed by atoms with Gasteiger partial charge >= 0.3 is 0 Å². The van der Waals surface area contributed by atoms with E-state index < -0.39 is 5.91 Å². The highest BCUT2D eigenvalue weighted by atomic mass is 32.2. The summed E-state index contributed by atoms with van der Waals surface area (Å²) < 4.78 is 5.53. The smallest absolute Gasteiger partial charge is 0.288 e. The maximum Gasteiger partial charge on any atom is 0.288 e. The Kier molecular flexibility index (Phi) is 4.71. The lowest BCUT2D eigenvalue weighted by atomic mass is 10.2. The normalized spacial score (nSPS) is 10.8. The zero-order valence-electron chi connectivity index (χ0n) is 14.0. The molecule has 0 atom stereocenters. The zero-order valence-corrected chi connectivity index (χ0v) is 14.8. The van der Waals surface area contributed by atoms with E-state index in [1.165, 1.54) is 0 Å². The fraction of sp³-hybridized carbons (Fsp3) is 0.0526. The molecule has 2 heterocycles. The fourth-order valence-electron chi connectivity index (χ4n) is 2.46. The van der Waals surface area contributed by atoms with Crippen LogP contribution in [0.25, 0.3) is 22.0 Å². The lowest BCUT2D eigenvalue weighted by molar-refractivity contribution is -0.119. The summed E-state index contributed by atoms with van der Waals surface area (Å²) in [6.07, 6.45) is 0. The summed E-state index contributed by atoms with van der Waals surface area (Å²) in [5, 5.41) is 1.33. The van der Waals surface area contributed by atoms with Crippen molar-refractivity contribution in [3.63, 3.8) is 0 Å². The molecule has 8 heteroatoms. The van der Waals surface area contributed by atoms with Gasteiger partial charge in [0.1, 0.15) is 11.2 Å². The molecule has 2 amide bonds. The van der Waals surface area contributed by atoms with Gasteiger partial charge in [0.2, 0.25) is 5.91 Å². The van der Waals surface area contributed by atoms with Gasteiger partial charge in [0, 0.05) is 5.39 Å². The van der Waals surface area contributed by atoms with Gasteiger partial charge in [-0.05, 0) is 24.3 Å². The number of oxazole rings is 1. The first-order valence-electron chi connectivity index (χ1n) is 8.12. The van der Waals surface area contributed by atoms with Crippen LogP contribution in [0.4, 0.5) is 0 Å². The minimum absolute atomic E-state index is 0.0538. The molecule has 4 rings (SSSR count). The summed E-state index contributed by atoms with van der Waals surface area (Å²) >= 11 is 1.15. The number of aromatic nitrogens is 2. The number of carbonyl (C=O) groups excluding carboxylic acids is 2. The largest absolute Gasteiger partial charge is 0.431 e. The van der Waals surface area contributed by atoms with Gasteiger partial charge in [-0.15, -0.1) is 0 Å². The number of nitrogens with zero attached hydrogens (tertiary/aromatic N) is 2. The number of rotatable bonds is 4. The quantitative estimate of drug-likeness (QED) is 0.419. The molecule has 0 saturated carbocycles. The van der Waals surface area contributed by atoms with Crippen molar-refractivity contribution < 1.29 is 14.0 Å². The number of hydrazine groups is 1. The maximum absolute atomic E-state index is 12.2. The highest BCUT2D eigenvalue weighted by Crippen LogP contribution is 2.22. The topological polar surface area (TPSA) is 97.1 Å². The number of para-hydroxylation sites is 3. The van der Waals surface area contributed by atoms with Gasteiger partial charge in [-0.3, -0.25) is 20.4 Å². The average Bonchev–Trinajstić information content (AvgIpc) is 3.13. The van der Waals surface area contributed by atoms with E-state index in [-0.39, 0.29) is 17.4 Å². The molecular weight excluding hydrogens is 364 g/mol. The van der Waals surface area contributed by atoms with Gasteiger partial charge in [-0.1, -0.05) is 48.2 Å². The van der Waals surface area contributed by atoms with Crippen molar-refractivity contribution in [1.29, 1.82) is 0 Å². The van der Waals surface area contributed by atoms with Gasteiger partial charge in [-0.25, -0.2) is 9.97 Å². The number of benzene rings is 2. The molecule has 4 aromatic rings. The molecule has 0 aliphatic rings. The van der Waals surface area contributed by atoms with Crippen molar-refractivity contribution in [1.82, 2.24) is 20.8 Å².